The van der Waals surface area contributed by atoms with Gasteiger partial charge in [-0.15, -0.1) is 0 Å². The van der Waals surface area contributed by atoms with Crippen LogP contribution in [0.1, 0.15) is 47.1 Å². The molecule has 322 valence electrons. The summed E-state index contributed by atoms with van der Waals surface area (Å²) in [5.74, 6) is -0.987. The zero-order valence-electron chi connectivity index (χ0n) is 34.7. The molecule has 1 fully saturated rings. The first kappa shape index (κ1) is 45.1. The maximum Gasteiger partial charge on any atom is 0.408 e. The van der Waals surface area contributed by atoms with E-state index in [0.717, 1.165) is 27.8 Å². The number of methoxy groups -OCH3 is 1. The zero-order chi connectivity index (χ0) is 42.5. The molecule has 0 saturated carbocycles. The minimum absolute atomic E-state index is 0.0447. The van der Waals surface area contributed by atoms with Crippen molar-refractivity contribution in [2.24, 2.45) is 5.92 Å². The van der Waals surface area contributed by atoms with Crippen molar-refractivity contribution in [3.8, 4) is 0 Å². The molecule has 0 aromatic heterocycles. The van der Waals surface area contributed by atoms with Gasteiger partial charge in [-0.1, -0.05) is 152 Å². The number of nitrogens with one attached hydrogen (secondary N) is 1. The van der Waals surface area contributed by atoms with Gasteiger partial charge in [0.25, 0.3) is 0 Å². The Labute approximate surface area is 358 Å². The number of carbonyl (C=O) groups is 2. The van der Waals surface area contributed by atoms with Crippen LogP contribution in [0.4, 0.5) is 4.79 Å². The third-order valence-corrected chi connectivity index (χ3v) is 10.7. The number of carbonyl (C=O) groups excluding carboxylic acids is 2. The number of rotatable bonds is 23. The second kappa shape index (κ2) is 24.8. The van der Waals surface area contributed by atoms with E-state index in [1.165, 1.54) is 7.11 Å². The number of ether oxygens (including phenoxy) is 7. The summed E-state index contributed by atoms with van der Waals surface area (Å²) in [6, 6.07) is 48.0. The predicted molar refractivity (Wildman–Crippen MR) is 230 cm³/mol. The highest BCUT2D eigenvalue weighted by Gasteiger charge is 2.49. The van der Waals surface area contributed by atoms with Crippen molar-refractivity contribution in [3.05, 3.63) is 179 Å². The summed E-state index contributed by atoms with van der Waals surface area (Å²) < 4.78 is 44.3. The fourth-order valence-electron chi connectivity index (χ4n) is 7.39. The Balaban J connectivity index is 1.25. The standard InChI is InChI=1S/C50H57NO10/c1-55-49(53)43(51-50(54)60-35-41-25-15-6-16-26-41)28-27-42(30-52)29-44-46(57-32-38-19-9-3-10-20-38)48(59-34-40-23-13-5-14-24-40)47(58-33-39-21-11-4-12-22-39)45(61-44)36-56-31-37-17-7-2-8-18-37/h2-26,42-48,52H,27-36H2,1H3,(H,51,54)/t42-,43+,44+,45-,46+,47+,48-/m1/s1. The molecule has 5 aromatic carbocycles. The lowest BCUT2D eigenvalue weighted by molar-refractivity contribution is -0.275. The molecule has 1 aliphatic heterocycles. The fourth-order valence-corrected chi connectivity index (χ4v) is 7.39. The van der Waals surface area contributed by atoms with Crippen molar-refractivity contribution < 1.29 is 47.9 Å². The summed E-state index contributed by atoms with van der Waals surface area (Å²) in [6.45, 7) is 1.28. The Bertz CT molecular complexity index is 1970. The third kappa shape index (κ3) is 14.6. The van der Waals surface area contributed by atoms with Gasteiger partial charge in [-0.25, -0.2) is 9.59 Å². The Morgan fingerprint density at radius 3 is 1.46 bits per heavy atom. The molecular formula is C50H57NO10. The summed E-state index contributed by atoms with van der Waals surface area (Å²) >= 11 is 0. The first-order valence-electron chi connectivity index (χ1n) is 20.9. The lowest BCUT2D eigenvalue weighted by Gasteiger charge is -2.47. The average molecular weight is 832 g/mol. The summed E-state index contributed by atoms with van der Waals surface area (Å²) in [4.78, 5) is 25.8. The number of esters is 1. The van der Waals surface area contributed by atoms with Crippen LogP contribution in [0.25, 0.3) is 0 Å². The topological polar surface area (TPSA) is 131 Å². The van der Waals surface area contributed by atoms with Gasteiger partial charge >= 0.3 is 12.1 Å². The maximum absolute atomic E-state index is 12.9. The van der Waals surface area contributed by atoms with Crippen LogP contribution < -0.4 is 5.32 Å². The van der Waals surface area contributed by atoms with Gasteiger partial charge in [0.15, 0.2) is 0 Å². The van der Waals surface area contributed by atoms with Crippen molar-refractivity contribution in [3.63, 3.8) is 0 Å². The molecule has 0 spiro atoms. The van der Waals surface area contributed by atoms with E-state index in [-0.39, 0.29) is 38.8 Å². The Morgan fingerprint density at radius 2 is 1.00 bits per heavy atom. The van der Waals surface area contributed by atoms with E-state index in [1.807, 2.05) is 152 Å². The summed E-state index contributed by atoms with van der Waals surface area (Å²) in [5.41, 5.74) is 4.79. The van der Waals surface area contributed by atoms with Crippen LogP contribution in [-0.4, -0.2) is 74.1 Å². The maximum atomic E-state index is 12.9. The van der Waals surface area contributed by atoms with Crippen LogP contribution in [-0.2, 0) is 71.0 Å². The molecule has 1 saturated heterocycles. The van der Waals surface area contributed by atoms with Crippen molar-refractivity contribution in [2.75, 3.05) is 20.3 Å². The lowest BCUT2D eigenvalue weighted by Crippen LogP contribution is -2.61. The summed E-state index contributed by atoms with van der Waals surface area (Å²) in [6.07, 6.45) is -2.94. The number of hydrogen-bond donors (Lipinski definition) is 2. The van der Waals surface area contributed by atoms with Crippen LogP contribution >= 0.6 is 0 Å². The molecule has 11 nitrogen and oxygen atoms in total. The molecule has 61 heavy (non-hydrogen) atoms. The Hall–Kier alpha value is -5.40. The van der Waals surface area contributed by atoms with Crippen LogP contribution in [0.15, 0.2) is 152 Å². The zero-order valence-corrected chi connectivity index (χ0v) is 34.7. The number of benzene rings is 5. The molecule has 0 aliphatic carbocycles. The fraction of sp³-hybridized carbons (Fsp3) is 0.360. The second-order valence-electron chi connectivity index (χ2n) is 15.1. The van der Waals surface area contributed by atoms with E-state index in [0.29, 0.717) is 32.7 Å². The molecule has 0 bridgehead atoms. The number of aliphatic hydroxyl groups is 1. The van der Waals surface area contributed by atoms with Crippen molar-refractivity contribution in [1.29, 1.82) is 0 Å². The van der Waals surface area contributed by atoms with Gasteiger partial charge in [-0.05, 0) is 53.0 Å². The molecule has 0 unspecified atom stereocenters. The molecule has 7 atom stereocenters. The normalized spacial score (nSPS) is 19.7. The van der Waals surface area contributed by atoms with Gasteiger partial charge in [0.05, 0.1) is 46.2 Å². The summed E-state index contributed by atoms with van der Waals surface area (Å²) in [5, 5.41) is 13.5. The number of amides is 1. The number of alkyl carbamates (subject to hydrolysis) is 1. The van der Waals surface area contributed by atoms with E-state index >= 15 is 0 Å². The molecule has 11 heteroatoms. The average Bonchev–Trinajstić information content (AvgIpc) is 3.31. The molecule has 1 heterocycles. The van der Waals surface area contributed by atoms with Crippen molar-refractivity contribution >= 4 is 12.1 Å². The van der Waals surface area contributed by atoms with Crippen LogP contribution in [0.5, 0.6) is 0 Å². The Kier molecular flexibility index (Phi) is 18.3. The number of hydrogen-bond acceptors (Lipinski definition) is 10. The molecule has 5 aromatic rings. The van der Waals surface area contributed by atoms with Crippen molar-refractivity contribution in [1.82, 2.24) is 5.32 Å². The van der Waals surface area contributed by atoms with E-state index in [9.17, 15) is 14.7 Å². The van der Waals surface area contributed by atoms with Crippen molar-refractivity contribution in [2.45, 2.75) is 88.9 Å². The van der Waals surface area contributed by atoms with Gasteiger partial charge < -0.3 is 43.6 Å². The molecule has 2 N–H and O–H groups in total. The van der Waals surface area contributed by atoms with Gasteiger partial charge in [-0.2, -0.15) is 0 Å². The van der Waals surface area contributed by atoms with Gasteiger partial charge in [-0.3, -0.25) is 0 Å². The van der Waals surface area contributed by atoms with E-state index in [1.54, 1.807) is 0 Å². The molecule has 1 aliphatic rings. The Morgan fingerprint density at radius 1 is 0.574 bits per heavy atom. The van der Waals surface area contributed by atoms with E-state index < -0.39 is 48.6 Å². The minimum Gasteiger partial charge on any atom is -0.467 e. The molecule has 0 radical (unpaired) electrons. The molecule has 1 amide bonds. The smallest absolute Gasteiger partial charge is 0.408 e. The van der Waals surface area contributed by atoms with Gasteiger partial charge in [0, 0.05) is 6.61 Å². The quantitative estimate of drug-likeness (QED) is 0.0626. The largest absolute Gasteiger partial charge is 0.467 e. The van der Waals surface area contributed by atoms with Crippen LogP contribution in [0.3, 0.4) is 0 Å². The first-order valence-corrected chi connectivity index (χ1v) is 20.9. The first-order chi connectivity index (χ1) is 30.0. The third-order valence-electron chi connectivity index (χ3n) is 10.7. The molecule has 6 rings (SSSR count). The highest BCUT2D eigenvalue weighted by molar-refractivity contribution is 5.81. The highest BCUT2D eigenvalue weighted by Crippen LogP contribution is 2.34. The molecular weight excluding hydrogens is 775 g/mol. The van der Waals surface area contributed by atoms with E-state index in [2.05, 4.69) is 5.32 Å². The SMILES string of the molecule is COC(=O)[C@H](CC[C@@H](CO)C[C@@H]1O[C@H](COCc2ccccc2)[C@H](OCc2ccccc2)[C@H](OCc2ccccc2)[C@H]1OCc1ccccc1)NC(=O)OCc1ccccc1. The second-order valence-corrected chi connectivity index (χ2v) is 15.1. The lowest BCUT2D eigenvalue weighted by atomic mass is 9.87. The highest BCUT2D eigenvalue weighted by atomic mass is 16.6. The monoisotopic (exact) mass is 831 g/mol. The van der Waals surface area contributed by atoms with Crippen LogP contribution in [0, 0.1) is 5.92 Å². The number of aliphatic hydroxyl groups excluding tert-OH is 1. The summed E-state index contributed by atoms with van der Waals surface area (Å²) in [7, 11) is 1.27. The van der Waals surface area contributed by atoms with Gasteiger partial charge in [0.2, 0.25) is 0 Å². The van der Waals surface area contributed by atoms with Gasteiger partial charge in [0.1, 0.15) is 37.1 Å². The van der Waals surface area contributed by atoms with E-state index in [4.69, 9.17) is 33.2 Å². The minimum atomic E-state index is -1.00. The van der Waals surface area contributed by atoms with Crippen LogP contribution in [0.2, 0.25) is 0 Å². The predicted octanol–water partition coefficient (Wildman–Crippen LogP) is 7.97.